The van der Waals surface area contributed by atoms with Crippen LogP contribution in [0.3, 0.4) is 0 Å². The zero-order chi connectivity index (χ0) is 23.5. The van der Waals surface area contributed by atoms with Crippen LogP contribution in [0, 0.1) is 0 Å². The standard InChI is InChI=1S/C27H39N5O/c1-4-28-27(29-16-15-22(2)31(3)20-23-10-6-5-7-11-23)30-19-24-12-8-13-25(18-24)21-32-17-9-14-26(32)33/h5-8,10-13,18,22H,4,9,14-17,19-21H2,1-3H3,(H2,28,29,30). The van der Waals surface area contributed by atoms with E-state index in [9.17, 15) is 4.79 Å². The van der Waals surface area contributed by atoms with E-state index in [0.717, 1.165) is 50.5 Å². The van der Waals surface area contributed by atoms with Gasteiger partial charge in [0.15, 0.2) is 5.96 Å². The third kappa shape index (κ3) is 8.21. The van der Waals surface area contributed by atoms with Gasteiger partial charge in [-0.1, -0.05) is 54.6 Å². The van der Waals surface area contributed by atoms with Gasteiger partial charge in [-0.3, -0.25) is 9.69 Å². The van der Waals surface area contributed by atoms with Crippen molar-refractivity contribution in [3.05, 3.63) is 71.3 Å². The van der Waals surface area contributed by atoms with E-state index in [1.165, 1.54) is 11.1 Å². The fraction of sp³-hybridized carbons (Fsp3) is 0.481. The molecular formula is C27H39N5O. The van der Waals surface area contributed by atoms with Crippen LogP contribution < -0.4 is 10.6 Å². The zero-order valence-corrected chi connectivity index (χ0v) is 20.4. The molecule has 1 aliphatic rings. The summed E-state index contributed by atoms with van der Waals surface area (Å²) in [5.41, 5.74) is 3.67. The highest BCUT2D eigenvalue weighted by Gasteiger charge is 2.19. The van der Waals surface area contributed by atoms with Crippen LogP contribution in [0.5, 0.6) is 0 Å². The summed E-state index contributed by atoms with van der Waals surface area (Å²) < 4.78 is 0. The minimum absolute atomic E-state index is 0.265. The molecule has 1 heterocycles. The number of amides is 1. The number of aliphatic imine (C=N–C) groups is 1. The van der Waals surface area contributed by atoms with Crippen molar-refractivity contribution >= 4 is 11.9 Å². The van der Waals surface area contributed by atoms with Gasteiger partial charge in [0.05, 0.1) is 6.54 Å². The third-order valence-corrected chi connectivity index (χ3v) is 6.18. The van der Waals surface area contributed by atoms with E-state index in [0.29, 0.717) is 25.6 Å². The van der Waals surface area contributed by atoms with Crippen LogP contribution in [-0.2, 0) is 24.4 Å². The summed E-state index contributed by atoms with van der Waals surface area (Å²) >= 11 is 0. The lowest BCUT2D eigenvalue weighted by atomic mass is 10.1. The Morgan fingerprint density at radius 1 is 1.09 bits per heavy atom. The number of carbonyl (C=O) groups excluding carboxylic acids is 1. The van der Waals surface area contributed by atoms with Gasteiger partial charge in [0.1, 0.15) is 0 Å². The molecule has 178 valence electrons. The van der Waals surface area contributed by atoms with Crippen LogP contribution >= 0.6 is 0 Å². The maximum absolute atomic E-state index is 11.9. The predicted octanol–water partition coefficient (Wildman–Crippen LogP) is 3.77. The van der Waals surface area contributed by atoms with Crippen molar-refractivity contribution in [1.29, 1.82) is 0 Å². The van der Waals surface area contributed by atoms with Gasteiger partial charge in [-0.25, -0.2) is 4.99 Å². The van der Waals surface area contributed by atoms with Crippen LogP contribution in [-0.4, -0.2) is 54.4 Å². The van der Waals surface area contributed by atoms with E-state index >= 15 is 0 Å². The molecule has 1 atom stereocenters. The van der Waals surface area contributed by atoms with Crippen LogP contribution in [0.4, 0.5) is 0 Å². The normalized spacial score (nSPS) is 15.2. The van der Waals surface area contributed by atoms with Crippen molar-refractivity contribution in [3.8, 4) is 0 Å². The number of rotatable bonds is 11. The summed E-state index contributed by atoms with van der Waals surface area (Å²) in [5.74, 6) is 1.11. The summed E-state index contributed by atoms with van der Waals surface area (Å²) in [4.78, 5) is 21.0. The lowest BCUT2D eigenvalue weighted by molar-refractivity contribution is -0.128. The van der Waals surface area contributed by atoms with Gasteiger partial charge in [0, 0.05) is 45.2 Å². The molecule has 6 nitrogen and oxygen atoms in total. The first-order valence-corrected chi connectivity index (χ1v) is 12.2. The predicted molar refractivity (Wildman–Crippen MR) is 136 cm³/mol. The Morgan fingerprint density at radius 2 is 1.85 bits per heavy atom. The lowest BCUT2D eigenvalue weighted by Gasteiger charge is -2.25. The average molecular weight is 450 g/mol. The first-order valence-electron chi connectivity index (χ1n) is 12.2. The summed E-state index contributed by atoms with van der Waals surface area (Å²) in [6.07, 6.45) is 2.69. The Hall–Kier alpha value is -2.86. The van der Waals surface area contributed by atoms with Crippen LogP contribution in [0.15, 0.2) is 59.6 Å². The van der Waals surface area contributed by atoms with E-state index in [2.05, 4.69) is 91.0 Å². The van der Waals surface area contributed by atoms with Gasteiger partial charge in [0.2, 0.25) is 5.91 Å². The minimum Gasteiger partial charge on any atom is -0.357 e. The monoisotopic (exact) mass is 449 g/mol. The summed E-state index contributed by atoms with van der Waals surface area (Å²) in [7, 11) is 2.18. The van der Waals surface area contributed by atoms with Crippen molar-refractivity contribution in [2.75, 3.05) is 26.7 Å². The Morgan fingerprint density at radius 3 is 2.58 bits per heavy atom. The molecule has 0 saturated carbocycles. The number of hydrogen-bond donors (Lipinski definition) is 2. The maximum atomic E-state index is 11.9. The molecule has 1 fully saturated rings. The van der Waals surface area contributed by atoms with Crippen LogP contribution in [0.25, 0.3) is 0 Å². The highest BCUT2D eigenvalue weighted by molar-refractivity contribution is 5.79. The van der Waals surface area contributed by atoms with Crippen LogP contribution in [0.1, 0.15) is 49.8 Å². The van der Waals surface area contributed by atoms with Crippen molar-refractivity contribution in [1.82, 2.24) is 20.4 Å². The second-order valence-electron chi connectivity index (χ2n) is 8.90. The number of benzene rings is 2. The summed E-state index contributed by atoms with van der Waals surface area (Å²) in [6, 6.07) is 19.5. The molecule has 0 radical (unpaired) electrons. The molecule has 2 aromatic carbocycles. The van der Waals surface area contributed by atoms with E-state index in [1.54, 1.807) is 0 Å². The molecule has 0 spiro atoms. The highest BCUT2D eigenvalue weighted by Crippen LogP contribution is 2.15. The van der Waals surface area contributed by atoms with Gasteiger partial charge >= 0.3 is 0 Å². The fourth-order valence-corrected chi connectivity index (χ4v) is 4.08. The molecule has 0 aliphatic carbocycles. The zero-order valence-electron chi connectivity index (χ0n) is 20.4. The van der Waals surface area contributed by atoms with Gasteiger partial charge in [-0.05, 0) is 50.4 Å². The topological polar surface area (TPSA) is 60.0 Å². The molecule has 0 aromatic heterocycles. The first kappa shape index (κ1) is 24.8. The molecule has 1 amide bonds. The quantitative estimate of drug-likeness (QED) is 0.405. The van der Waals surface area contributed by atoms with Crippen molar-refractivity contribution in [2.45, 2.75) is 58.8 Å². The summed E-state index contributed by atoms with van der Waals surface area (Å²) in [5, 5.41) is 6.83. The number of likely N-dealkylation sites (tertiary alicyclic amines) is 1. The molecule has 6 heteroatoms. The second-order valence-corrected chi connectivity index (χ2v) is 8.90. The van der Waals surface area contributed by atoms with E-state index < -0.39 is 0 Å². The SMILES string of the molecule is CCNC(=NCc1cccc(CN2CCCC2=O)c1)NCCC(C)N(C)Cc1ccccc1. The van der Waals surface area contributed by atoms with E-state index in [-0.39, 0.29) is 5.91 Å². The maximum Gasteiger partial charge on any atom is 0.222 e. The van der Waals surface area contributed by atoms with Gasteiger partial charge in [-0.2, -0.15) is 0 Å². The molecule has 1 unspecified atom stereocenters. The molecule has 2 N–H and O–H groups in total. The largest absolute Gasteiger partial charge is 0.357 e. The molecule has 2 aromatic rings. The minimum atomic E-state index is 0.265. The molecular weight excluding hydrogens is 410 g/mol. The molecule has 1 saturated heterocycles. The van der Waals surface area contributed by atoms with Gasteiger partial charge in [0.25, 0.3) is 0 Å². The fourth-order valence-electron chi connectivity index (χ4n) is 4.08. The van der Waals surface area contributed by atoms with Gasteiger partial charge < -0.3 is 15.5 Å². The number of hydrogen-bond acceptors (Lipinski definition) is 3. The Bertz CT molecular complexity index is 898. The number of nitrogens with one attached hydrogen (secondary N) is 2. The molecule has 1 aliphatic heterocycles. The second kappa shape index (κ2) is 13.0. The van der Waals surface area contributed by atoms with Crippen molar-refractivity contribution in [3.63, 3.8) is 0 Å². The Kier molecular flexibility index (Phi) is 9.76. The highest BCUT2D eigenvalue weighted by atomic mass is 16.2. The van der Waals surface area contributed by atoms with E-state index in [4.69, 9.17) is 4.99 Å². The van der Waals surface area contributed by atoms with Crippen molar-refractivity contribution < 1.29 is 4.79 Å². The number of guanidine groups is 1. The average Bonchev–Trinajstić information content (AvgIpc) is 3.22. The molecule has 33 heavy (non-hydrogen) atoms. The molecule has 0 bridgehead atoms. The van der Waals surface area contributed by atoms with Crippen molar-refractivity contribution in [2.24, 2.45) is 4.99 Å². The number of carbonyl (C=O) groups is 1. The Labute approximate surface area is 199 Å². The lowest BCUT2D eigenvalue weighted by Crippen LogP contribution is -2.40. The Balaban J connectivity index is 1.47. The molecule has 3 rings (SSSR count). The smallest absolute Gasteiger partial charge is 0.222 e. The van der Waals surface area contributed by atoms with Gasteiger partial charge in [-0.15, -0.1) is 0 Å². The summed E-state index contributed by atoms with van der Waals surface area (Å²) in [6.45, 7) is 9.18. The third-order valence-electron chi connectivity index (χ3n) is 6.18. The van der Waals surface area contributed by atoms with Crippen LogP contribution in [0.2, 0.25) is 0 Å². The first-order chi connectivity index (χ1) is 16.0. The number of nitrogens with zero attached hydrogens (tertiary/aromatic N) is 3. The van der Waals surface area contributed by atoms with E-state index in [1.807, 2.05) is 4.90 Å².